The molecule has 0 unspecified atom stereocenters. The number of ether oxygens (including phenoxy) is 1. The van der Waals surface area contributed by atoms with Crippen molar-refractivity contribution >= 4 is 38.9 Å². The molecule has 1 aromatic carbocycles. The van der Waals surface area contributed by atoms with Crippen LogP contribution in [0.1, 0.15) is 12.0 Å². The summed E-state index contributed by atoms with van der Waals surface area (Å²) in [5.41, 5.74) is 6.45. The summed E-state index contributed by atoms with van der Waals surface area (Å²) >= 11 is 4.79. The van der Waals surface area contributed by atoms with Crippen molar-refractivity contribution in [2.24, 2.45) is 5.73 Å². The van der Waals surface area contributed by atoms with Crippen molar-refractivity contribution < 1.29 is 17.9 Å². The number of nitrogens with two attached hydrogens (primary N) is 1. The number of esters is 1. The van der Waals surface area contributed by atoms with Crippen LogP contribution in [0.15, 0.2) is 24.3 Å². The molecular weight excluding hydrogens is 288 g/mol. The van der Waals surface area contributed by atoms with Crippen LogP contribution < -0.4 is 10.5 Å². The van der Waals surface area contributed by atoms with E-state index in [0.29, 0.717) is 11.3 Å². The largest absolute Gasteiger partial charge is 0.469 e. The van der Waals surface area contributed by atoms with Gasteiger partial charge < -0.3 is 10.5 Å². The average molecular weight is 302 g/mol. The van der Waals surface area contributed by atoms with Gasteiger partial charge in [0.1, 0.15) is 4.99 Å². The van der Waals surface area contributed by atoms with E-state index in [4.69, 9.17) is 18.0 Å². The van der Waals surface area contributed by atoms with Crippen molar-refractivity contribution in [2.75, 3.05) is 17.6 Å². The fourth-order valence-corrected chi connectivity index (χ4v) is 2.42. The highest BCUT2D eigenvalue weighted by molar-refractivity contribution is 7.92. The first-order valence-corrected chi connectivity index (χ1v) is 7.37. The van der Waals surface area contributed by atoms with Crippen LogP contribution in [0.2, 0.25) is 0 Å². The second-order valence-corrected chi connectivity index (χ2v) is 5.97. The van der Waals surface area contributed by atoms with E-state index in [0.717, 1.165) is 0 Å². The summed E-state index contributed by atoms with van der Waals surface area (Å²) in [5.74, 6) is -0.911. The fourth-order valence-electron chi connectivity index (χ4n) is 1.25. The lowest BCUT2D eigenvalue weighted by Crippen LogP contribution is -2.19. The predicted molar refractivity (Wildman–Crippen MR) is 76.4 cm³/mol. The second kappa shape index (κ2) is 6.48. The maximum absolute atomic E-state index is 11.7. The number of sulfonamides is 1. The number of benzene rings is 1. The van der Waals surface area contributed by atoms with Crippen LogP contribution in [0.4, 0.5) is 5.69 Å². The summed E-state index contributed by atoms with van der Waals surface area (Å²) in [6.45, 7) is 0. The first-order valence-electron chi connectivity index (χ1n) is 5.31. The van der Waals surface area contributed by atoms with E-state index >= 15 is 0 Å². The molecule has 1 rings (SSSR count). The van der Waals surface area contributed by atoms with E-state index < -0.39 is 16.0 Å². The van der Waals surface area contributed by atoms with Crippen LogP contribution in [0.5, 0.6) is 0 Å². The summed E-state index contributed by atoms with van der Waals surface area (Å²) in [6.07, 6.45) is -0.198. The molecule has 6 nitrogen and oxygen atoms in total. The first-order chi connectivity index (χ1) is 8.84. The molecule has 0 saturated carbocycles. The standard InChI is InChI=1S/C11H14N2O4S2/c1-17-10(14)6-7-19(15,16)13-9-4-2-8(3-5-9)11(12)18/h2-5,13H,6-7H2,1H3,(H2,12,18). The lowest BCUT2D eigenvalue weighted by Gasteiger charge is -2.08. The third kappa shape index (κ3) is 5.23. The van der Waals surface area contributed by atoms with Crippen molar-refractivity contribution in [1.29, 1.82) is 0 Å². The lowest BCUT2D eigenvalue weighted by atomic mass is 10.2. The van der Waals surface area contributed by atoms with Gasteiger partial charge in [-0.15, -0.1) is 0 Å². The Morgan fingerprint density at radius 2 is 1.95 bits per heavy atom. The normalized spacial score (nSPS) is 10.8. The van der Waals surface area contributed by atoms with Crippen molar-refractivity contribution in [1.82, 2.24) is 0 Å². The number of carbonyl (C=O) groups excluding carboxylic acids is 1. The van der Waals surface area contributed by atoms with Gasteiger partial charge >= 0.3 is 5.97 Å². The third-order valence-corrected chi connectivity index (χ3v) is 3.77. The van der Waals surface area contributed by atoms with E-state index in [9.17, 15) is 13.2 Å². The maximum Gasteiger partial charge on any atom is 0.306 e. The van der Waals surface area contributed by atoms with Crippen molar-refractivity contribution in [3.8, 4) is 0 Å². The topological polar surface area (TPSA) is 98.5 Å². The number of carbonyl (C=O) groups is 1. The van der Waals surface area contributed by atoms with Gasteiger partial charge in [-0.3, -0.25) is 9.52 Å². The van der Waals surface area contributed by atoms with Gasteiger partial charge in [-0.2, -0.15) is 0 Å². The van der Waals surface area contributed by atoms with Gasteiger partial charge in [0, 0.05) is 11.3 Å². The highest BCUT2D eigenvalue weighted by Crippen LogP contribution is 2.12. The molecule has 0 aliphatic rings. The Morgan fingerprint density at radius 1 is 1.37 bits per heavy atom. The Kier molecular flexibility index (Phi) is 5.25. The smallest absolute Gasteiger partial charge is 0.306 e. The number of rotatable bonds is 6. The van der Waals surface area contributed by atoms with E-state index in [1.165, 1.54) is 7.11 Å². The first kappa shape index (κ1) is 15.4. The Bertz CT molecular complexity index is 567. The molecule has 0 radical (unpaired) electrons. The molecule has 1 aromatic rings. The second-order valence-electron chi connectivity index (χ2n) is 3.69. The molecule has 0 aliphatic heterocycles. The monoisotopic (exact) mass is 302 g/mol. The van der Waals surface area contributed by atoms with Crippen LogP contribution in [0.3, 0.4) is 0 Å². The van der Waals surface area contributed by atoms with Crippen molar-refractivity contribution in [3.05, 3.63) is 29.8 Å². The van der Waals surface area contributed by atoms with E-state index in [2.05, 4.69) is 9.46 Å². The molecule has 0 aliphatic carbocycles. The van der Waals surface area contributed by atoms with Crippen LogP contribution in [-0.4, -0.2) is 32.2 Å². The third-order valence-electron chi connectivity index (χ3n) is 2.25. The molecular formula is C11H14N2O4S2. The summed E-state index contributed by atoms with van der Waals surface area (Å²) in [4.78, 5) is 11.1. The number of anilines is 1. The van der Waals surface area contributed by atoms with Gasteiger partial charge in [0.05, 0.1) is 19.3 Å². The number of thiocarbonyl (C=S) groups is 1. The minimum absolute atomic E-state index is 0.198. The fraction of sp³-hybridized carbons (Fsp3) is 0.273. The maximum atomic E-state index is 11.7. The lowest BCUT2D eigenvalue weighted by molar-refractivity contribution is -0.140. The molecule has 0 spiro atoms. The number of hydrogen-bond acceptors (Lipinski definition) is 5. The van der Waals surface area contributed by atoms with Crippen molar-refractivity contribution in [3.63, 3.8) is 0 Å². The quantitative estimate of drug-likeness (QED) is 0.590. The van der Waals surface area contributed by atoms with Gasteiger partial charge in [-0.1, -0.05) is 12.2 Å². The van der Waals surface area contributed by atoms with Crippen LogP contribution >= 0.6 is 12.2 Å². The molecule has 0 bridgehead atoms. The Labute approximate surface area is 117 Å². The molecule has 0 amide bonds. The van der Waals surface area contributed by atoms with E-state index in [-0.39, 0.29) is 17.2 Å². The van der Waals surface area contributed by atoms with Gasteiger partial charge in [0.25, 0.3) is 0 Å². The zero-order valence-electron chi connectivity index (χ0n) is 10.3. The van der Waals surface area contributed by atoms with E-state index in [1.54, 1.807) is 24.3 Å². The average Bonchev–Trinajstić information content (AvgIpc) is 2.36. The van der Waals surface area contributed by atoms with Gasteiger partial charge in [-0.05, 0) is 24.3 Å². The number of methoxy groups -OCH3 is 1. The molecule has 0 saturated heterocycles. The summed E-state index contributed by atoms with van der Waals surface area (Å²) < 4.78 is 30.1. The van der Waals surface area contributed by atoms with E-state index in [1.807, 2.05) is 0 Å². The van der Waals surface area contributed by atoms with Gasteiger partial charge in [0.2, 0.25) is 10.0 Å². The molecule has 104 valence electrons. The Morgan fingerprint density at radius 3 is 2.42 bits per heavy atom. The Hall–Kier alpha value is -1.67. The summed E-state index contributed by atoms with van der Waals surface area (Å²) in [7, 11) is -2.38. The SMILES string of the molecule is COC(=O)CCS(=O)(=O)Nc1ccc(C(N)=S)cc1. The molecule has 3 N–H and O–H groups in total. The van der Waals surface area contributed by atoms with Gasteiger partial charge in [-0.25, -0.2) is 8.42 Å². The predicted octanol–water partition coefficient (Wildman–Crippen LogP) is 0.626. The Balaban J connectivity index is 2.67. The number of hydrogen-bond donors (Lipinski definition) is 2. The van der Waals surface area contributed by atoms with Crippen LogP contribution in [-0.2, 0) is 19.6 Å². The zero-order chi connectivity index (χ0) is 14.5. The zero-order valence-corrected chi connectivity index (χ0v) is 11.9. The molecule has 0 aromatic heterocycles. The molecule has 19 heavy (non-hydrogen) atoms. The summed E-state index contributed by atoms with van der Waals surface area (Å²) in [5, 5.41) is 0. The highest BCUT2D eigenvalue weighted by atomic mass is 32.2. The molecule has 0 fully saturated rings. The highest BCUT2D eigenvalue weighted by Gasteiger charge is 2.13. The van der Waals surface area contributed by atoms with Gasteiger partial charge in [0.15, 0.2) is 0 Å². The van der Waals surface area contributed by atoms with Crippen LogP contribution in [0, 0.1) is 0 Å². The number of nitrogens with one attached hydrogen (secondary N) is 1. The minimum Gasteiger partial charge on any atom is -0.469 e. The molecule has 8 heteroatoms. The molecule has 0 atom stereocenters. The van der Waals surface area contributed by atoms with Crippen molar-refractivity contribution in [2.45, 2.75) is 6.42 Å². The van der Waals surface area contributed by atoms with Crippen LogP contribution in [0.25, 0.3) is 0 Å². The summed E-state index contributed by atoms with van der Waals surface area (Å²) in [6, 6.07) is 6.31. The molecule has 0 heterocycles. The minimum atomic E-state index is -3.59.